The second-order valence-electron chi connectivity index (χ2n) is 3.59. The molecular weight excluding hydrogens is 266 g/mol. The summed E-state index contributed by atoms with van der Waals surface area (Å²) in [4.78, 5) is 17.7. The molecule has 2 rings (SSSR count). The Balaban J connectivity index is 2.16. The van der Waals surface area contributed by atoms with E-state index >= 15 is 0 Å². The maximum atomic E-state index is 11.7. The van der Waals surface area contributed by atoms with Crippen LogP contribution in [0.1, 0.15) is 27.0 Å². The molecule has 0 saturated heterocycles. The van der Waals surface area contributed by atoms with Crippen molar-refractivity contribution in [3.8, 4) is 0 Å². The standard InChI is InChI=1S/C13H13NO2S2/c1-3-16-13(15)12-9(2)7-11(18-12)14-8-10-5-4-6-17-10/h4-8H,3H2,1-2H3. The number of carbonyl (C=O) groups excluding carboxylic acids is 1. The fraction of sp³-hybridized carbons (Fsp3) is 0.231. The average molecular weight is 279 g/mol. The van der Waals surface area contributed by atoms with Crippen LogP contribution in [-0.4, -0.2) is 18.8 Å². The lowest BCUT2D eigenvalue weighted by Crippen LogP contribution is -2.03. The molecule has 0 unspecified atom stereocenters. The number of ether oxygens (including phenoxy) is 1. The van der Waals surface area contributed by atoms with Gasteiger partial charge in [0.15, 0.2) is 0 Å². The molecule has 0 amide bonds. The van der Waals surface area contributed by atoms with Crippen molar-refractivity contribution in [2.45, 2.75) is 13.8 Å². The van der Waals surface area contributed by atoms with E-state index in [1.54, 1.807) is 18.3 Å². The van der Waals surface area contributed by atoms with Gasteiger partial charge in [-0.1, -0.05) is 6.07 Å². The van der Waals surface area contributed by atoms with Gasteiger partial charge in [-0.05, 0) is 36.9 Å². The lowest BCUT2D eigenvalue weighted by atomic mass is 10.3. The predicted molar refractivity (Wildman–Crippen MR) is 76.6 cm³/mol. The first-order valence-corrected chi connectivity index (χ1v) is 7.25. The summed E-state index contributed by atoms with van der Waals surface area (Å²) >= 11 is 2.99. The van der Waals surface area contributed by atoms with E-state index in [9.17, 15) is 4.79 Å². The SMILES string of the molecule is CCOC(=O)c1sc(N=Cc2cccs2)cc1C. The molecule has 0 spiro atoms. The molecule has 0 aromatic carbocycles. The molecular formula is C13H13NO2S2. The maximum absolute atomic E-state index is 11.7. The quantitative estimate of drug-likeness (QED) is 0.625. The molecule has 0 fully saturated rings. The van der Waals surface area contributed by atoms with Gasteiger partial charge >= 0.3 is 5.97 Å². The zero-order valence-corrected chi connectivity index (χ0v) is 11.8. The van der Waals surface area contributed by atoms with Gasteiger partial charge < -0.3 is 4.74 Å². The van der Waals surface area contributed by atoms with E-state index in [1.807, 2.05) is 36.7 Å². The van der Waals surface area contributed by atoms with E-state index in [1.165, 1.54) is 11.3 Å². The first-order valence-electron chi connectivity index (χ1n) is 5.56. The Labute approximate surface area is 114 Å². The normalized spacial score (nSPS) is 11.0. The van der Waals surface area contributed by atoms with Gasteiger partial charge in [0.1, 0.15) is 9.88 Å². The van der Waals surface area contributed by atoms with Crippen molar-refractivity contribution in [2.75, 3.05) is 6.61 Å². The Morgan fingerprint density at radius 3 is 3.06 bits per heavy atom. The molecule has 2 heterocycles. The Kier molecular flexibility index (Phi) is 4.28. The highest BCUT2D eigenvalue weighted by Gasteiger charge is 2.13. The number of aliphatic imine (C=N–C) groups is 1. The van der Waals surface area contributed by atoms with Crippen LogP contribution in [0.15, 0.2) is 28.6 Å². The van der Waals surface area contributed by atoms with E-state index < -0.39 is 0 Å². The van der Waals surface area contributed by atoms with Crippen molar-refractivity contribution in [3.05, 3.63) is 38.9 Å². The molecule has 2 aromatic rings. The third-order valence-corrected chi connectivity index (χ3v) is 4.16. The first-order chi connectivity index (χ1) is 8.70. The van der Waals surface area contributed by atoms with Gasteiger partial charge in [0.25, 0.3) is 0 Å². The minimum absolute atomic E-state index is 0.266. The fourth-order valence-electron chi connectivity index (χ4n) is 1.42. The number of rotatable bonds is 4. The van der Waals surface area contributed by atoms with Crippen LogP contribution in [0.5, 0.6) is 0 Å². The molecule has 2 aromatic heterocycles. The highest BCUT2D eigenvalue weighted by atomic mass is 32.1. The Morgan fingerprint density at radius 2 is 2.39 bits per heavy atom. The number of esters is 1. The minimum atomic E-state index is -0.266. The second-order valence-corrected chi connectivity index (χ2v) is 5.60. The van der Waals surface area contributed by atoms with E-state index in [0.717, 1.165) is 15.4 Å². The van der Waals surface area contributed by atoms with Crippen LogP contribution < -0.4 is 0 Å². The summed E-state index contributed by atoms with van der Waals surface area (Å²) in [6.45, 7) is 4.09. The Bertz CT molecular complexity index is 556. The predicted octanol–water partition coefficient (Wildman–Crippen LogP) is 4.05. The average Bonchev–Trinajstić information content (AvgIpc) is 2.96. The van der Waals surface area contributed by atoms with Gasteiger partial charge in [0, 0.05) is 11.1 Å². The number of aryl methyl sites for hydroxylation is 1. The van der Waals surface area contributed by atoms with Crippen LogP contribution in [0.25, 0.3) is 0 Å². The highest BCUT2D eigenvalue weighted by molar-refractivity contribution is 7.17. The number of carbonyl (C=O) groups is 1. The molecule has 18 heavy (non-hydrogen) atoms. The van der Waals surface area contributed by atoms with E-state index in [0.29, 0.717) is 11.5 Å². The molecule has 0 N–H and O–H groups in total. The van der Waals surface area contributed by atoms with Crippen LogP contribution >= 0.6 is 22.7 Å². The molecule has 94 valence electrons. The summed E-state index contributed by atoms with van der Waals surface area (Å²) in [5.41, 5.74) is 0.914. The maximum Gasteiger partial charge on any atom is 0.348 e. The lowest BCUT2D eigenvalue weighted by Gasteiger charge is -1.98. The largest absolute Gasteiger partial charge is 0.462 e. The van der Waals surface area contributed by atoms with Gasteiger partial charge in [-0.2, -0.15) is 0 Å². The van der Waals surface area contributed by atoms with Crippen molar-refractivity contribution in [1.29, 1.82) is 0 Å². The summed E-state index contributed by atoms with van der Waals surface area (Å²) in [6.07, 6.45) is 1.81. The molecule has 3 nitrogen and oxygen atoms in total. The van der Waals surface area contributed by atoms with Crippen molar-refractivity contribution < 1.29 is 9.53 Å². The summed E-state index contributed by atoms with van der Waals surface area (Å²) in [7, 11) is 0. The molecule has 5 heteroatoms. The van der Waals surface area contributed by atoms with Gasteiger partial charge in [0.2, 0.25) is 0 Å². The van der Waals surface area contributed by atoms with E-state index in [-0.39, 0.29) is 5.97 Å². The van der Waals surface area contributed by atoms with Crippen molar-refractivity contribution in [1.82, 2.24) is 0 Å². The van der Waals surface area contributed by atoms with Crippen molar-refractivity contribution in [3.63, 3.8) is 0 Å². The van der Waals surface area contributed by atoms with Crippen LogP contribution in [0, 0.1) is 6.92 Å². The van der Waals surface area contributed by atoms with Crippen molar-refractivity contribution in [2.24, 2.45) is 4.99 Å². The molecule has 0 radical (unpaired) electrons. The monoisotopic (exact) mass is 279 g/mol. The summed E-state index contributed by atoms with van der Waals surface area (Å²) < 4.78 is 4.99. The van der Waals surface area contributed by atoms with Crippen LogP contribution in [0.3, 0.4) is 0 Å². The third kappa shape index (κ3) is 3.05. The summed E-state index contributed by atoms with van der Waals surface area (Å²) in [5, 5.41) is 2.83. The summed E-state index contributed by atoms with van der Waals surface area (Å²) in [6, 6.07) is 5.89. The molecule has 0 bridgehead atoms. The topological polar surface area (TPSA) is 38.7 Å². The molecule has 0 atom stereocenters. The van der Waals surface area contributed by atoms with Gasteiger partial charge in [-0.3, -0.25) is 0 Å². The van der Waals surface area contributed by atoms with E-state index in [4.69, 9.17) is 4.74 Å². The van der Waals surface area contributed by atoms with E-state index in [2.05, 4.69) is 4.99 Å². The molecule has 0 aliphatic rings. The zero-order chi connectivity index (χ0) is 13.0. The number of nitrogens with zero attached hydrogens (tertiary/aromatic N) is 1. The van der Waals surface area contributed by atoms with Crippen LogP contribution in [0.4, 0.5) is 5.00 Å². The number of hydrogen-bond acceptors (Lipinski definition) is 5. The summed E-state index contributed by atoms with van der Waals surface area (Å²) in [5.74, 6) is -0.266. The zero-order valence-electron chi connectivity index (χ0n) is 10.2. The van der Waals surface area contributed by atoms with Crippen LogP contribution in [0.2, 0.25) is 0 Å². The van der Waals surface area contributed by atoms with Gasteiger partial charge in [-0.25, -0.2) is 9.79 Å². The van der Waals surface area contributed by atoms with Crippen LogP contribution in [-0.2, 0) is 4.74 Å². The van der Waals surface area contributed by atoms with Gasteiger partial charge in [-0.15, -0.1) is 22.7 Å². The Hall–Kier alpha value is -1.46. The second kappa shape index (κ2) is 5.93. The molecule has 0 saturated carbocycles. The smallest absolute Gasteiger partial charge is 0.348 e. The minimum Gasteiger partial charge on any atom is -0.462 e. The first kappa shape index (κ1) is 13.0. The molecule has 0 aliphatic heterocycles. The lowest BCUT2D eigenvalue weighted by molar-refractivity contribution is 0.0531. The van der Waals surface area contributed by atoms with Crippen molar-refractivity contribution >= 4 is 39.9 Å². The Morgan fingerprint density at radius 1 is 1.56 bits per heavy atom. The number of hydrogen-bond donors (Lipinski definition) is 0. The highest BCUT2D eigenvalue weighted by Crippen LogP contribution is 2.29. The number of thiophene rings is 2. The third-order valence-electron chi connectivity index (χ3n) is 2.23. The molecule has 0 aliphatic carbocycles. The van der Waals surface area contributed by atoms with Gasteiger partial charge in [0.05, 0.1) is 6.61 Å². The fourth-order valence-corrected chi connectivity index (χ4v) is 2.92.